The Labute approximate surface area is 111 Å². The molecule has 98 valence electrons. The van der Waals surface area contributed by atoms with Gasteiger partial charge in [0.25, 0.3) is 0 Å². The van der Waals surface area contributed by atoms with E-state index >= 15 is 0 Å². The van der Waals surface area contributed by atoms with Crippen molar-refractivity contribution in [2.24, 2.45) is 0 Å². The van der Waals surface area contributed by atoms with Crippen molar-refractivity contribution in [3.05, 3.63) is 53.9 Å². The maximum atomic E-state index is 11.6. The molecule has 1 aromatic carbocycles. The molecule has 1 heterocycles. The number of aryl methyl sites for hydroxylation is 1. The van der Waals surface area contributed by atoms with Gasteiger partial charge in [-0.15, -0.1) is 0 Å². The van der Waals surface area contributed by atoms with Crippen molar-refractivity contribution >= 4 is 5.97 Å². The number of nitrogens with zero attached hydrogens (tertiary/aromatic N) is 2. The molecule has 0 radical (unpaired) electrons. The Morgan fingerprint density at radius 3 is 2.68 bits per heavy atom. The van der Waals surface area contributed by atoms with Gasteiger partial charge in [0.05, 0.1) is 0 Å². The molecule has 0 unspecified atom stereocenters. The molecule has 1 aliphatic rings. The predicted molar refractivity (Wildman–Crippen MR) is 71.0 cm³/mol. The van der Waals surface area contributed by atoms with Crippen LogP contribution in [0, 0.1) is 6.92 Å². The molecule has 0 bridgehead atoms. The van der Waals surface area contributed by atoms with Crippen LogP contribution in [-0.4, -0.2) is 20.9 Å². The molecule has 0 amide bonds. The highest BCUT2D eigenvalue weighted by Crippen LogP contribution is 2.50. The summed E-state index contributed by atoms with van der Waals surface area (Å²) in [6.07, 6.45) is 4.58. The summed E-state index contributed by atoms with van der Waals surface area (Å²) in [6, 6.07) is 9.96. The summed E-state index contributed by atoms with van der Waals surface area (Å²) >= 11 is 0. The summed E-state index contributed by atoms with van der Waals surface area (Å²) in [7, 11) is 0. The van der Waals surface area contributed by atoms with Gasteiger partial charge in [0, 0.05) is 12.4 Å². The van der Waals surface area contributed by atoms with Gasteiger partial charge in [-0.1, -0.05) is 24.3 Å². The van der Waals surface area contributed by atoms with Crippen molar-refractivity contribution in [3.63, 3.8) is 0 Å². The number of benzene rings is 1. The third-order valence-electron chi connectivity index (χ3n) is 4.14. The Morgan fingerprint density at radius 2 is 2.11 bits per heavy atom. The molecule has 19 heavy (non-hydrogen) atoms. The summed E-state index contributed by atoms with van der Waals surface area (Å²) in [4.78, 5) is 11.6. The average molecular weight is 256 g/mol. The van der Waals surface area contributed by atoms with E-state index in [0.29, 0.717) is 18.8 Å². The number of hydrogen-bond acceptors (Lipinski definition) is 2. The fourth-order valence-electron chi connectivity index (χ4n) is 3.00. The molecule has 0 spiro atoms. The van der Waals surface area contributed by atoms with Crippen molar-refractivity contribution < 1.29 is 9.90 Å². The van der Waals surface area contributed by atoms with E-state index in [9.17, 15) is 9.90 Å². The number of aromatic nitrogens is 2. The molecule has 2 aromatic rings. The lowest BCUT2D eigenvalue weighted by Crippen LogP contribution is -2.52. The van der Waals surface area contributed by atoms with Crippen LogP contribution in [0.2, 0.25) is 0 Å². The van der Waals surface area contributed by atoms with E-state index in [1.807, 2.05) is 12.1 Å². The first kappa shape index (κ1) is 12.0. The first-order valence-corrected chi connectivity index (χ1v) is 6.42. The van der Waals surface area contributed by atoms with Crippen LogP contribution in [0.3, 0.4) is 0 Å². The number of rotatable bonds is 3. The molecule has 3 rings (SSSR count). The lowest BCUT2D eigenvalue weighted by Gasteiger charge is -2.45. The molecule has 4 heteroatoms. The first-order valence-electron chi connectivity index (χ1n) is 6.42. The number of aliphatic carboxylic acids is 1. The average Bonchev–Trinajstić information content (AvgIpc) is 2.83. The molecule has 1 aromatic heterocycles. The summed E-state index contributed by atoms with van der Waals surface area (Å²) < 4.78 is 1.59. The van der Waals surface area contributed by atoms with Gasteiger partial charge in [-0.25, -0.2) is 4.79 Å². The van der Waals surface area contributed by atoms with Crippen molar-refractivity contribution in [2.75, 3.05) is 0 Å². The fourth-order valence-corrected chi connectivity index (χ4v) is 3.00. The highest BCUT2D eigenvalue weighted by Gasteiger charge is 2.53. The minimum absolute atomic E-state index is 0.307. The number of carboxylic acids is 1. The highest BCUT2D eigenvalue weighted by molar-refractivity contribution is 5.78. The van der Waals surface area contributed by atoms with Gasteiger partial charge < -0.3 is 5.11 Å². The fraction of sp³-hybridized carbons (Fsp3) is 0.333. The smallest absolute Gasteiger partial charge is 0.331 e. The number of carbonyl (C=O) groups is 1. The van der Waals surface area contributed by atoms with Crippen molar-refractivity contribution in [3.8, 4) is 0 Å². The van der Waals surface area contributed by atoms with Gasteiger partial charge in [-0.2, -0.15) is 5.10 Å². The maximum Gasteiger partial charge on any atom is 0.331 e. The van der Waals surface area contributed by atoms with Crippen LogP contribution in [-0.2, 0) is 10.3 Å². The SMILES string of the molecule is Cc1ccccc1C1CC(C(=O)O)(n2cccn2)C1. The second-order valence-electron chi connectivity index (χ2n) is 5.25. The molecule has 0 aliphatic heterocycles. The van der Waals surface area contributed by atoms with E-state index in [1.165, 1.54) is 11.1 Å². The Balaban J connectivity index is 1.88. The Hall–Kier alpha value is -2.10. The molecule has 1 saturated carbocycles. The number of hydrogen-bond donors (Lipinski definition) is 1. The minimum atomic E-state index is -0.865. The van der Waals surface area contributed by atoms with Crippen molar-refractivity contribution in [1.82, 2.24) is 9.78 Å². The van der Waals surface area contributed by atoms with Gasteiger partial charge in [-0.05, 0) is 42.9 Å². The Morgan fingerprint density at radius 1 is 1.37 bits per heavy atom. The van der Waals surface area contributed by atoms with E-state index < -0.39 is 11.5 Å². The summed E-state index contributed by atoms with van der Waals surface area (Å²) in [5.41, 5.74) is 1.62. The van der Waals surface area contributed by atoms with E-state index in [2.05, 4.69) is 24.2 Å². The third kappa shape index (κ3) is 1.75. The summed E-state index contributed by atoms with van der Waals surface area (Å²) in [5.74, 6) is -0.484. The lowest BCUT2D eigenvalue weighted by atomic mass is 9.65. The molecule has 1 fully saturated rings. The topological polar surface area (TPSA) is 55.1 Å². The van der Waals surface area contributed by atoms with Gasteiger partial charge in [0.1, 0.15) is 0 Å². The first-order chi connectivity index (χ1) is 9.13. The van der Waals surface area contributed by atoms with Crippen LogP contribution in [0.1, 0.15) is 29.9 Å². The monoisotopic (exact) mass is 256 g/mol. The quantitative estimate of drug-likeness (QED) is 0.918. The van der Waals surface area contributed by atoms with Gasteiger partial charge in [-0.3, -0.25) is 4.68 Å². The zero-order valence-corrected chi connectivity index (χ0v) is 10.8. The molecule has 0 atom stereocenters. The summed E-state index contributed by atoms with van der Waals surface area (Å²) in [5, 5.41) is 13.6. The van der Waals surface area contributed by atoms with Gasteiger partial charge in [0.15, 0.2) is 5.54 Å². The van der Waals surface area contributed by atoms with E-state index in [-0.39, 0.29) is 0 Å². The van der Waals surface area contributed by atoms with Crippen LogP contribution >= 0.6 is 0 Å². The maximum absolute atomic E-state index is 11.6. The number of carboxylic acid groups (broad SMARTS) is 1. The van der Waals surface area contributed by atoms with Gasteiger partial charge >= 0.3 is 5.97 Å². The zero-order chi connectivity index (χ0) is 13.5. The zero-order valence-electron chi connectivity index (χ0n) is 10.8. The van der Waals surface area contributed by atoms with Crippen LogP contribution in [0.25, 0.3) is 0 Å². The van der Waals surface area contributed by atoms with Gasteiger partial charge in [0.2, 0.25) is 0 Å². The van der Waals surface area contributed by atoms with Crippen LogP contribution < -0.4 is 0 Å². The largest absolute Gasteiger partial charge is 0.479 e. The highest BCUT2D eigenvalue weighted by atomic mass is 16.4. The molecule has 1 N–H and O–H groups in total. The normalized spacial score (nSPS) is 25.8. The lowest BCUT2D eigenvalue weighted by molar-refractivity contribution is -0.154. The van der Waals surface area contributed by atoms with Crippen LogP contribution in [0.15, 0.2) is 42.7 Å². The molecule has 0 saturated heterocycles. The Bertz CT molecular complexity index is 598. The van der Waals surface area contributed by atoms with Crippen molar-refractivity contribution in [1.29, 1.82) is 0 Å². The molecular weight excluding hydrogens is 240 g/mol. The van der Waals surface area contributed by atoms with Crippen LogP contribution in [0.5, 0.6) is 0 Å². The van der Waals surface area contributed by atoms with E-state index in [1.54, 1.807) is 23.1 Å². The van der Waals surface area contributed by atoms with Crippen molar-refractivity contribution in [2.45, 2.75) is 31.2 Å². The second kappa shape index (κ2) is 4.23. The van der Waals surface area contributed by atoms with E-state index in [4.69, 9.17) is 0 Å². The summed E-state index contributed by atoms with van der Waals surface area (Å²) in [6.45, 7) is 2.07. The third-order valence-corrected chi connectivity index (χ3v) is 4.14. The molecule has 1 aliphatic carbocycles. The van der Waals surface area contributed by atoms with E-state index in [0.717, 1.165) is 0 Å². The van der Waals surface area contributed by atoms with Crippen LogP contribution in [0.4, 0.5) is 0 Å². The predicted octanol–water partition coefficient (Wildman–Crippen LogP) is 2.55. The second-order valence-corrected chi connectivity index (χ2v) is 5.25. The molecule has 4 nitrogen and oxygen atoms in total. The molecular formula is C15H16N2O2. The Kier molecular flexibility index (Phi) is 2.66. The standard InChI is InChI=1S/C15H16N2O2/c1-11-5-2-3-6-13(11)12-9-15(10-12,14(18)19)17-8-4-7-16-17/h2-8,12H,9-10H2,1H3,(H,18,19). The minimum Gasteiger partial charge on any atom is -0.479 e.